The molecule has 0 bridgehead atoms. The first-order valence-electron chi connectivity index (χ1n) is 5.88. The molecule has 0 amide bonds. The molecule has 2 aromatic rings. The SMILES string of the molecule is CC(C)(C)c1nc(COc2ccc(N)cc2)cs1. The highest BCUT2D eigenvalue weighted by atomic mass is 32.1. The number of aromatic nitrogens is 1. The Morgan fingerprint density at radius 3 is 2.44 bits per heavy atom. The van der Waals surface area contributed by atoms with Crippen molar-refractivity contribution < 1.29 is 4.74 Å². The first kappa shape index (κ1) is 12.9. The number of anilines is 1. The first-order valence-corrected chi connectivity index (χ1v) is 6.76. The van der Waals surface area contributed by atoms with Crippen molar-refractivity contribution in [3.63, 3.8) is 0 Å². The maximum absolute atomic E-state index is 5.66. The van der Waals surface area contributed by atoms with E-state index in [2.05, 4.69) is 31.1 Å². The first-order chi connectivity index (χ1) is 8.45. The third-order valence-electron chi connectivity index (χ3n) is 2.46. The van der Waals surface area contributed by atoms with Crippen LogP contribution in [-0.2, 0) is 12.0 Å². The van der Waals surface area contributed by atoms with Crippen molar-refractivity contribution in [3.8, 4) is 5.75 Å². The molecule has 2 rings (SSSR count). The minimum absolute atomic E-state index is 0.101. The third kappa shape index (κ3) is 3.23. The molecular formula is C14H18N2OS. The molecule has 0 aliphatic carbocycles. The van der Waals surface area contributed by atoms with Gasteiger partial charge in [0, 0.05) is 16.5 Å². The van der Waals surface area contributed by atoms with Gasteiger partial charge in [-0.3, -0.25) is 0 Å². The number of rotatable bonds is 3. The minimum atomic E-state index is 0.101. The van der Waals surface area contributed by atoms with Crippen molar-refractivity contribution in [3.05, 3.63) is 40.3 Å². The Bertz CT molecular complexity index is 511. The van der Waals surface area contributed by atoms with E-state index in [-0.39, 0.29) is 5.41 Å². The summed E-state index contributed by atoms with van der Waals surface area (Å²) in [6.07, 6.45) is 0. The number of nitrogen functional groups attached to an aromatic ring is 1. The molecule has 4 heteroatoms. The average Bonchev–Trinajstić information content (AvgIpc) is 2.77. The molecule has 0 radical (unpaired) electrons. The highest BCUT2D eigenvalue weighted by molar-refractivity contribution is 7.09. The highest BCUT2D eigenvalue weighted by Crippen LogP contribution is 2.26. The molecule has 1 aromatic carbocycles. The van der Waals surface area contributed by atoms with Crippen LogP contribution in [0.15, 0.2) is 29.6 Å². The van der Waals surface area contributed by atoms with Crippen LogP contribution in [0, 0.1) is 0 Å². The predicted octanol–water partition coefficient (Wildman–Crippen LogP) is 3.60. The van der Waals surface area contributed by atoms with Crippen LogP contribution in [0.2, 0.25) is 0 Å². The summed E-state index contributed by atoms with van der Waals surface area (Å²) in [4.78, 5) is 4.58. The lowest BCUT2D eigenvalue weighted by Gasteiger charge is -2.13. The van der Waals surface area contributed by atoms with E-state index < -0.39 is 0 Å². The fourth-order valence-corrected chi connectivity index (χ4v) is 2.33. The van der Waals surface area contributed by atoms with E-state index >= 15 is 0 Å². The molecule has 1 heterocycles. The largest absolute Gasteiger partial charge is 0.487 e. The van der Waals surface area contributed by atoms with E-state index in [0.29, 0.717) is 6.61 Å². The Kier molecular flexibility index (Phi) is 3.57. The summed E-state index contributed by atoms with van der Waals surface area (Å²) in [7, 11) is 0. The molecule has 3 nitrogen and oxygen atoms in total. The molecule has 0 saturated heterocycles. The van der Waals surface area contributed by atoms with Gasteiger partial charge in [0.1, 0.15) is 12.4 Å². The van der Waals surface area contributed by atoms with E-state index in [0.717, 1.165) is 22.1 Å². The van der Waals surface area contributed by atoms with E-state index in [4.69, 9.17) is 10.5 Å². The number of hydrogen-bond donors (Lipinski definition) is 1. The number of ether oxygens (including phenoxy) is 1. The quantitative estimate of drug-likeness (QED) is 0.860. The maximum Gasteiger partial charge on any atom is 0.131 e. The lowest BCUT2D eigenvalue weighted by molar-refractivity contribution is 0.301. The average molecular weight is 262 g/mol. The fraction of sp³-hybridized carbons (Fsp3) is 0.357. The van der Waals surface area contributed by atoms with Gasteiger partial charge in [-0.15, -0.1) is 11.3 Å². The normalized spacial score (nSPS) is 11.5. The van der Waals surface area contributed by atoms with E-state index in [1.807, 2.05) is 24.3 Å². The van der Waals surface area contributed by atoms with Crippen molar-refractivity contribution in [1.82, 2.24) is 4.98 Å². The molecule has 2 N–H and O–H groups in total. The minimum Gasteiger partial charge on any atom is -0.487 e. The van der Waals surface area contributed by atoms with Gasteiger partial charge in [-0.05, 0) is 24.3 Å². The zero-order chi connectivity index (χ0) is 13.2. The van der Waals surface area contributed by atoms with Crippen LogP contribution in [0.3, 0.4) is 0 Å². The van der Waals surface area contributed by atoms with Gasteiger partial charge in [0.25, 0.3) is 0 Å². The summed E-state index contributed by atoms with van der Waals surface area (Å²) in [6.45, 7) is 6.99. The Morgan fingerprint density at radius 1 is 1.22 bits per heavy atom. The second-order valence-electron chi connectivity index (χ2n) is 5.25. The molecule has 0 spiro atoms. The van der Waals surface area contributed by atoms with Gasteiger partial charge in [0.15, 0.2) is 0 Å². The summed E-state index contributed by atoms with van der Waals surface area (Å²) < 4.78 is 5.66. The lowest BCUT2D eigenvalue weighted by atomic mass is 9.98. The molecule has 0 aliphatic heterocycles. The van der Waals surface area contributed by atoms with Gasteiger partial charge in [0.2, 0.25) is 0 Å². The second kappa shape index (κ2) is 4.98. The van der Waals surface area contributed by atoms with E-state index in [1.54, 1.807) is 11.3 Å². The Balaban J connectivity index is 1.98. The topological polar surface area (TPSA) is 48.1 Å². The Morgan fingerprint density at radius 2 is 1.89 bits per heavy atom. The number of thiazole rings is 1. The Labute approximate surface area is 112 Å². The number of hydrogen-bond acceptors (Lipinski definition) is 4. The van der Waals surface area contributed by atoms with Crippen molar-refractivity contribution in [2.45, 2.75) is 32.8 Å². The zero-order valence-electron chi connectivity index (χ0n) is 10.9. The molecule has 0 fully saturated rings. The van der Waals surface area contributed by atoms with Crippen LogP contribution in [0.25, 0.3) is 0 Å². The predicted molar refractivity (Wildman–Crippen MR) is 76.0 cm³/mol. The summed E-state index contributed by atoms with van der Waals surface area (Å²) in [5.41, 5.74) is 7.44. The van der Waals surface area contributed by atoms with Crippen molar-refractivity contribution >= 4 is 17.0 Å². The highest BCUT2D eigenvalue weighted by Gasteiger charge is 2.17. The van der Waals surface area contributed by atoms with Crippen LogP contribution < -0.4 is 10.5 Å². The fourth-order valence-electron chi connectivity index (χ4n) is 1.44. The summed E-state index contributed by atoms with van der Waals surface area (Å²) in [5, 5.41) is 3.19. The monoisotopic (exact) mass is 262 g/mol. The Hall–Kier alpha value is -1.55. The van der Waals surface area contributed by atoms with Gasteiger partial charge < -0.3 is 10.5 Å². The van der Waals surface area contributed by atoms with Crippen molar-refractivity contribution in [2.24, 2.45) is 0 Å². The molecular weight excluding hydrogens is 244 g/mol. The number of nitrogens with two attached hydrogens (primary N) is 1. The van der Waals surface area contributed by atoms with E-state index in [9.17, 15) is 0 Å². The van der Waals surface area contributed by atoms with E-state index in [1.165, 1.54) is 0 Å². The van der Waals surface area contributed by atoms with Crippen LogP contribution in [0.1, 0.15) is 31.5 Å². The van der Waals surface area contributed by atoms with Crippen molar-refractivity contribution in [2.75, 3.05) is 5.73 Å². The zero-order valence-corrected chi connectivity index (χ0v) is 11.8. The molecule has 0 aliphatic rings. The van der Waals surface area contributed by atoms with Crippen LogP contribution in [0.5, 0.6) is 5.75 Å². The maximum atomic E-state index is 5.66. The van der Waals surface area contributed by atoms with Gasteiger partial charge in [-0.2, -0.15) is 0 Å². The molecule has 18 heavy (non-hydrogen) atoms. The number of benzene rings is 1. The van der Waals surface area contributed by atoms with Crippen molar-refractivity contribution in [1.29, 1.82) is 0 Å². The van der Waals surface area contributed by atoms with Crippen LogP contribution >= 0.6 is 11.3 Å². The molecule has 96 valence electrons. The lowest BCUT2D eigenvalue weighted by Crippen LogP contribution is -2.10. The van der Waals surface area contributed by atoms with Gasteiger partial charge in [0.05, 0.1) is 10.7 Å². The molecule has 1 aromatic heterocycles. The molecule has 0 saturated carbocycles. The molecule has 0 atom stereocenters. The van der Waals surface area contributed by atoms with Crippen LogP contribution in [0.4, 0.5) is 5.69 Å². The summed E-state index contributed by atoms with van der Waals surface area (Å²) in [5.74, 6) is 0.814. The number of nitrogens with zero attached hydrogens (tertiary/aromatic N) is 1. The van der Waals surface area contributed by atoms with Gasteiger partial charge in [-0.1, -0.05) is 20.8 Å². The van der Waals surface area contributed by atoms with Gasteiger partial charge in [-0.25, -0.2) is 4.98 Å². The summed E-state index contributed by atoms with van der Waals surface area (Å²) >= 11 is 1.68. The summed E-state index contributed by atoms with van der Waals surface area (Å²) in [6, 6.07) is 7.40. The van der Waals surface area contributed by atoms with Gasteiger partial charge >= 0.3 is 0 Å². The second-order valence-corrected chi connectivity index (χ2v) is 6.11. The van der Waals surface area contributed by atoms with Crippen LogP contribution in [-0.4, -0.2) is 4.98 Å². The smallest absolute Gasteiger partial charge is 0.131 e. The third-order valence-corrected chi connectivity index (χ3v) is 3.78. The standard InChI is InChI=1S/C14H18N2OS/c1-14(2,3)13-16-11(9-18-13)8-17-12-6-4-10(15)5-7-12/h4-7,9H,8,15H2,1-3H3. The molecule has 0 unspecified atom stereocenters.